The van der Waals surface area contributed by atoms with Crippen LogP contribution in [-0.4, -0.2) is 24.2 Å². The Bertz CT molecular complexity index is 540. The number of nitrogens with zero attached hydrogens (tertiary/aromatic N) is 2. The minimum absolute atomic E-state index is 0.0244. The highest BCUT2D eigenvalue weighted by Gasteiger charge is 2.13. The van der Waals surface area contributed by atoms with Crippen molar-refractivity contribution in [2.75, 3.05) is 18.2 Å². The van der Waals surface area contributed by atoms with E-state index in [2.05, 4.69) is 11.2 Å². The van der Waals surface area contributed by atoms with Crippen LogP contribution in [0.15, 0.2) is 48.8 Å². The summed E-state index contributed by atoms with van der Waals surface area (Å²) in [5, 5.41) is 0. The molecule has 1 amide bonds. The molecule has 98 valence electrons. The van der Waals surface area contributed by atoms with Crippen LogP contribution < -0.4 is 4.90 Å². The van der Waals surface area contributed by atoms with E-state index in [0.29, 0.717) is 5.56 Å². The highest BCUT2D eigenvalue weighted by Crippen LogP contribution is 2.15. The molecule has 0 aliphatic carbocycles. The quantitative estimate of drug-likeness (QED) is 0.857. The maximum absolute atomic E-state index is 12.3. The highest BCUT2D eigenvalue weighted by molar-refractivity contribution is 7.97. The molecule has 0 saturated heterocycles. The predicted molar refractivity (Wildman–Crippen MR) is 80.6 cm³/mol. The molecular formula is C15H16N2OS. The average Bonchev–Trinajstić information content (AvgIpc) is 2.48. The van der Waals surface area contributed by atoms with Crippen molar-refractivity contribution < 1.29 is 4.79 Å². The lowest BCUT2D eigenvalue weighted by molar-refractivity contribution is 0.0993. The highest BCUT2D eigenvalue weighted by atomic mass is 32.2. The maximum atomic E-state index is 12.3. The maximum Gasteiger partial charge on any atom is 0.258 e. The van der Waals surface area contributed by atoms with Crippen LogP contribution in [0.2, 0.25) is 0 Å². The molecule has 2 aromatic rings. The summed E-state index contributed by atoms with van der Waals surface area (Å²) in [6, 6.07) is 11.4. The van der Waals surface area contributed by atoms with Crippen LogP contribution in [0.5, 0.6) is 0 Å². The van der Waals surface area contributed by atoms with Crippen LogP contribution in [0, 0.1) is 0 Å². The number of hydrogen-bond donors (Lipinski definition) is 0. The Hall–Kier alpha value is -1.81. The van der Waals surface area contributed by atoms with Gasteiger partial charge in [0.1, 0.15) is 0 Å². The summed E-state index contributed by atoms with van der Waals surface area (Å²) in [5.41, 5.74) is 2.71. The van der Waals surface area contributed by atoms with Crippen LogP contribution in [0.25, 0.3) is 0 Å². The molecule has 0 aliphatic rings. The van der Waals surface area contributed by atoms with Crippen LogP contribution in [0.1, 0.15) is 15.9 Å². The van der Waals surface area contributed by atoms with E-state index in [1.54, 1.807) is 36.1 Å². The molecule has 1 aromatic heterocycles. The second kappa shape index (κ2) is 6.38. The number of rotatable bonds is 4. The van der Waals surface area contributed by atoms with Gasteiger partial charge in [-0.2, -0.15) is 11.8 Å². The van der Waals surface area contributed by atoms with Crippen molar-refractivity contribution in [3.05, 3.63) is 59.9 Å². The fourth-order valence-electron chi connectivity index (χ4n) is 1.77. The van der Waals surface area contributed by atoms with Crippen molar-refractivity contribution >= 4 is 23.4 Å². The zero-order valence-corrected chi connectivity index (χ0v) is 11.9. The summed E-state index contributed by atoms with van der Waals surface area (Å²) in [6.07, 6.45) is 5.44. The number of hydrogen-bond acceptors (Lipinski definition) is 3. The molecule has 0 atom stereocenters. The molecule has 1 heterocycles. The Morgan fingerprint density at radius 1 is 1.26 bits per heavy atom. The molecule has 0 spiro atoms. The third kappa shape index (κ3) is 3.35. The van der Waals surface area contributed by atoms with Crippen molar-refractivity contribution in [1.29, 1.82) is 0 Å². The largest absolute Gasteiger partial charge is 0.310 e. The van der Waals surface area contributed by atoms with E-state index >= 15 is 0 Å². The number of anilines is 1. The molecule has 1 aromatic carbocycles. The van der Waals surface area contributed by atoms with Crippen molar-refractivity contribution in [2.24, 2.45) is 0 Å². The van der Waals surface area contributed by atoms with Crippen LogP contribution in [-0.2, 0) is 5.75 Å². The third-order valence-electron chi connectivity index (χ3n) is 2.85. The fraction of sp³-hybridized carbons (Fsp3) is 0.200. The molecule has 0 aliphatic heterocycles. The lowest BCUT2D eigenvalue weighted by atomic mass is 10.1. The Morgan fingerprint density at radius 3 is 2.58 bits per heavy atom. The number of carbonyl (C=O) groups is 1. The van der Waals surface area contributed by atoms with Crippen molar-refractivity contribution in [1.82, 2.24) is 4.98 Å². The number of amides is 1. The van der Waals surface area contributed by atoms with E-state index in [1.165, 1.54) is 5.56 Å². The zero-order valence-electron chi connectivity index (χ0n) is 11.0. The molecule has 0 fully saturated rings. The average molecular weight is 272 g/mol. The second-order valence-electron chi connectivity index (χ2n) is 4.21. The molecule has 0 saturated carbocycles. The smallest absolute Gasteiger partial charge is 0.258 e. The Kier molecular flexibility index (Phi) is 4.58. The predicted octanol–water partition coefficient (Wildman–Crippen LogP) is 3.22. The van der Waals surface area contributed by atoms with Crippen molar-refractivity contribution in [3.63, 3.8) is 0 Å². The van der Waals surface area contributed by atoms with Crippen molar-refractivity contribution in [3.8, 4) is 0 Å². The lowest BCUT2D eigenvalue weighted by Crippen LogP contribution is -2.26. The third-order valence-corrected chi connectivity index (χ3v) is 3.47. The summed E-state index contributed by atoms with van der Waals surface area (Å²) in [5.74, 6) is 0.941. The van der Waals surface area contributed by atoms with Gasteiger partial charge in [-0.15, -0.1) is 0 Å². The van der Waals surface area contributed by atoms with Crippen LogP contribution in [0.4, 0.5) is 5.69 Å². The summed E-state index contributed by atoms with van der Waals surface area (Å²) < 4.78 is 0. The summed E-state index contributed by atoms with van der Waals surface area (Å²) in [4.78, 5) is 17.9. The first-order valence-electron chi connectivity index (χ1n) is 5.98. The molecule has 0 radical (unpaired) electrons. The normalized spacial score (nSPS) is 10.2. The molecule has 4 heteroatoms. The first kappa shape index (κ1) is 13.6. The van der Waals surface area contributed by atoms with Gasteiger partial charge in [0, 0.05) is 24.6 Å². The van der Waals surface area contributed by atoms with Crippen molar-refractivity contribution in [2.45, 2.75) is 5.75 Å². The van der Waals surface area contributed by atoms with Gasteiger partial charge in [0.25, 0.3) is 5.91 Å². The first-order chi connectivity index (χ1) is 9.22. The first-order valence-corrected chi connectivity index (χ1v) is 7.37. The second-order valence-corrected chi connectivity index (χ2v) is 5.07. The van der Waals surface area contributed by atoms with Gasteiger partial charge < -0.3 is 4.90 Å². The van der Waals surface area contributed by atoms with Gasteiger partial charge in [-0.05, 0) is 36.1 Å². The van der Waals surface area contributed by atoms with E-state index in [-0.39, 0.29) is 5.91 Å². The van der Waals surface area contributed by atoms with E-state index in [1.807, 2.05) is 36.4 Å². The van der Waals surface area contributed by atoms with Crippen LogP contribution in [0.3, 0.4) is 0 Å². The van der Waals surface area contributed by atoms with Gasteiger partial charge in [0.05, 0.1) is 11.9 Å². The number of aromatic nitrogens is 1. The Morgan fingerprint density at radius 2 is 2.00 bits per heavy atom. The number of pyridine rings is 1. The van der Waals surface area contributed by atoms with Gasteiger partial charge in [0.2, 0.25) is 0 Å². The number of carbonyl (C=O) groups excluding carboxylic acids is 1. The standard InChI is InChI=1S/C15H16N2OS/c1-17(14-4-3-9-16-10-14)15(18)13-7-5-12(6-8-13)11-19-2/h3-10H,11H2,1-2H3. The van der Waals surface area contributed by atoms with E-state index in [0.717, 1.165) is 11.4 Å². The van der Waals surface area contributed by atoms with Gasteiger partial charge in [-0.25, -0.2) is 0 Å². The Labute approximate surface area is 117 Å². The molecule has 19 heavy (non-hydrogen) atoms. The zero-order chi connectivity index (χ0) is 13.7. The van der Waals surface area contributed by atoms with Gasteiger partial charge in [-0.1, -0.05) is 12.1 Å². The monoisotopic (exact) mass is 272 g/mol. The molecule has 0 bridgehead atoms. The molecular weight excluding hydrogens is 256 g/mol. The topological polar surface area (TPSA) is 33.2 Å². The van der Waals surface area contributed by atoms with Gasteiger partial charge in [0.15, 0.2) is 0 Å². The fourth-order valence-corrected chi connectivity index (χ4v) is 2.30. The Balaban J connectivity index is 2.15. The van der Waals surface area contributed by atoms with E-state index in [9.17, 15) is 4.79 Å². The lowest BCUT2D eigenvalue weighted by Gasteiger charge is -2.16. The van der Waals surface area contributed by atoms with Gasteiger partial charge in [-0.3, -0.25) is 9.78 Å². The van der Waals surface area contributed by atoms with E-state index in [4.69, 9.17) is 0 Å². The summed E-state index contributed by atoms with van der Waals surface area (Å²) in [6.45, 7) is 0. The SMILES string of the molecule is CSCc1ccc(C(=O)N(C)c2cccnc2)cc1. The molecule has 0 N–H and O–H groups in total. The summed E-state index contributed by atoms with van der Waals surface area (Å²) in [7, 11) is 1.76. The van der Waals surface area contributed by atoms with Crippen LogP contribution >= 0.6 is 11.8 Å². The number of thioether (sulfide) groups is 1. The minimum Gasteiger partial charge on any atom is -0.310 e. The van der Waals surface area contributed by atoms with E-state index < -0.39 is 0 Å². The minimum atomic E-state index is -0.0244. The van der Waals surface area contributed by atoms with Gasteiger partial charge >= 0.3 is 0 Å². The molecule has 3 nitrogen and oxygen atoms in total. The molecule has 2 rings (SSSR count). The molecule has 0 unspecified atom stereocenters. The summed E-state index contributed by atoms with van der Waals surface area (Å²) >= 11 is 1.77. The number of benzene rings is 1.